The lowest BCUT2D eigenvalue weighted by Gasteiger charge is -2.22. The monoisotopic (exact) mass is 304 g/mol. The summed E-state index contributed by atoms with van der Waals surface area (Å²) in [7, 11) is 0. The van der Waals surface area contributed by atoms with Gasteiger partial charge in [-0.05, 0) is 37.6 Å². The lowest BCUT2D eigenvalue weighted by Crippen LogP contribution is -2.32. The van der Waals surface area contributed by atoms with Crippen molar-refractivity contribution in [1.29, 1.82) is 0 Å². The SMILES string of the molecule is O=C(Nc1ccccc1Cl)c1ccn(C2CCCNC2)n1. The first-order chi connectivity index (χ1) is 10.2. The number of hydrogen-bond acceptors (Lipinski definition) is 3. The first-order valence-electron chi connectivity index (χ1n) is 7.06. The molecule has 2 heterocycles. The molecule has 6 heteroatoms. The zero-order valence-electron chi connectivity index (χ0n) is 11.6. The van der Waals surface area contributed by atoms with Gasteiger partial charge in [0, 0.05) is 12.7 Å². The lowest BCUT2D eigenvalue weighted by atomic mass is 10.1. The van der Waals surface area contributed by atoms with Crippen LogP contribution in [0.15, 0.2) is 36.5 Å². The van der Waals surface area contributed by atoms with Gasteiger partial charge in [0.25, 0.3) is 5.91 Å². The Bertz CT molecular complexity index is 634. The van der Waals surface area contributed by atoms with E-state index in [1.54, 1.807) is 18.2 Å². The predicted molar refractivity (Wildman–Crippen MR) is 82.8 cm³/mol. The molecule has 0 bridgehead atoms. The van der Waals surface area contributed by atoms with Crippen LogP contribution >= 0.6 is 11.6 Å². The summed E-state index contributed by atoms with van der Waals surface area (Å²) in [4.78, 5) is 12.2. The van der Waals surface area contributed by atoms with Crippen LogP contribution in [0.5, 0.6) is 0 Å². The Kier molecular flexibility index (Phi) is 4.22. The fourth-order valence-corrected chi connectivity index (χ4v) is 2.65. The topological polar surface area (TPSA) is 59.0 Å². The van der Waals surface area contributed by atoms with E-state index in [2.05, 4.69) is 15.7 Å². The highest BCUT2D eigenvalue weighted by Gasteiger charge is 2.18. The molecule has 110 valence electrons. The third-order valence-electron chi connectivity index (χ3n) is 3.61. The quantitative estimate of drug-likeness (QED) is 0.916. The Morgan fingerprint density at radius 2 is 2.24 bits per heavy atom. The number of carbonyl (C=O) groups excluding carboxylic acids is 1. The number of carbonyl (C=O) groups is 1. The van der Waals surface area contributed by atoms with Crippen LogP contribution < -0.4 is 10.6 Å². The number of nitrogens with zero attached hydrogens (tertiary/aromatic N) is 2. The summed E-state index contributed by atoms with van der Waals surface area (Å²) < 4.78 is 1.87. The standard InChI is InChI=1S/C15H17ClN4O/c16-12-5-1-2-6-13(12)18-15(21)14-7-9-20(19-14)11-4-3-8-17-10-11/h1-2,5-7,9,11,17H,3-4,8,10H2,(H,18,21). The molecule has 1 unspecified atom stereocenters. The molecular weight excluding hydrogens is 288 g/mol. The van der Waals surface area contributed by atoms with Gasteiger partial charge in [0.05, 0.1) is 16.8 Å². The fraction of sp³-hybridized carbons (Fsp3) is 0.333. The predicted octanol–water partition coefficient (Wildman–Crippen LogP) is 2.71. The van der Waals surface area contributed by atoms with Crippen molar-refractivity contribution in [3.8, 4) is 0 Å². The minimum Gasteiger partial charge on any atom is -0.319 e. The second kappa shape index (κ2) is 6.28. The largest absolute Gasteiger partial charge is 0.319 e. The molecule has 3 rings (SSSR count). The summed E-state index contributed by atoms with van der Waals surface area (Å²) in [6.07, 6.45) is 4.07. The van der Waals surface area contributed by atoms with Gasteiger partial charge in [-0.25, -0.2) is 0 Å². The van der Waals surface area contributed by atoms with Crippen LogP contribution in [0.2, 0.25) is 5.02 Å². The van der Waals surface area contributed by atoms with Crippen molar-refractivity contribution in [3.05, 3.63) is 47.2 Å². The number of benzene rings is 1. The van der Waals surface area contributed by atoms with Crippen molar-refractivity contribution in [2.24, 2.45) is 0 Å². The molecule has 1 aromatic heterocycles. The van der Waals surface area contributed by atoms with Crippen molar-refractivity contribution in [2.75, 3.05) is 18.4 Å². The third-order valence-corrected chi connectivity index (χ3v) is 3.94. The van der Waals surface area contributed by atoms with Crippen molar-refractivity contribution >= 4 is 23.2 Å². The summed E-state index contributed by atoms with van der Waals surface area (Å²) in [5, 5.41) is 11.0. The second-order valence-corrected chi connectivity index (χ2v) is 5.52. The average molecular weight is 305 g/mol. The van der Waals surface area contributed by atoms with Gasteiger partial charge in [-0.2, -0.15) is 5.10 Å². The molecule has 0 spiro atoms. The Hall–Kier alpha value is -1.85. The first kappa shape index (κ1) is 14.1. The number of rotatable bonds is 3. The molecule has 1 fully saturated rings. The molecule has 0 radical (unpaired) electrons. The zero-order chi connectivity index (χ0) is 14.7. The van der Waals surface area contributed by atoms with E-state index in [1.165, 1.54) is 0 Å². The van der Waals surface area contributed by atoms with E-state index in [-0.39, 0.29) is 5.91 Å². The molecule has 0 saturated carbocycles. The van der Waals surface area contributed by atoms with Crippen molar-refractivity contribution in [3.63, 3.8) is 0 Å². The van der Waals surface area contributed by atoms with E-state index < -0.39 is 0 Å². The van der Waals surface area contributed by atoms with E-state index in [4.69, 9.17) is 11.6 Å². The van der Waals surface area contributed by atoms with Crippen LogP contribution in [0, 0.1) is 0 Å². The van der Waals surface area contributed by atoms with E-state index in [9.17, 15) is 4.79 Å². The molecule has 5 nitrogen and oxygen atoms in total. The molecule has 1 aliphatic heterocycles. The number of piperidine rings is 1. The number of aromatic nitrogens is 2. The number of nitrogens with one attached hydrogen (secondary N) is 2. The Morgan fingerprint density at radius 1 is 1.38 bits per heavy atom. The number of hydrogen-bond donors (Lipinski definition) is 2. The van der Waals surface area contributed by atoms with Gasteiger partial charge < -0.3 is 10.6 Å². The summed E-state index contributed by atoms with van der Waals surface area (Å²) in [6.45, 7) is 1.95. The molecule has 1 atom stereocenters. The highest BCUT2D eigenvalue weighted by Crippen LogP contribution is 2.21. The van der Waals surface area contributed by atoms with Crippen LogP contribution in [0.25, 0.3) is 0 Å². The van der Waals surface area contributed by atoms with Gasteiger partial charge in [0.15, 0.2) is 5.69 Å². The van der Waals surface area contributed by atoms with Gasteiger partial charge in [0.2, 0.25) is 0 Å². The molecule has 1 aromatic carbocycles. The Morgan fingerprint density at radius 3 is 3.00 bits per heavy atom. The number of amides is 1. The van der Waals surface area contributed by atoms with Gasteiger partial charge in [-0.1, -0.05) is 23.7 Å². The van der Waals surface area contributed by atoms with Gasteiger partial charge >= 0.3 is 0 Å². The maximum atomic E-state index is 12.2. The van der Waals surface area contributed by atoms with E-state index in [1.807, 2.05) is 23.0 Å². The molecule has 1 amide bonds. The molecule has 0 aliphatic carbocycles. The molecule has 2 aromatic rings. The Labute approximate surface area is 128 Å². The average Bonchev–Trinajstić information content (AvgIpc) is 3.00. The molecule has 1 aliphatic rings. The highest BCUT2D eigenvalue weighted by molar-refractivity contribution is 6.33. The van der Waals surface area contributed by atoms with Crippen molar-refractivity contribution in [1.82, 2.24) is 15.1 Å². The van der Waals surface area contributed by atoms with Crippen LogP contribution in [0.4, 0.5) is 5.69 Å². The van der Waals surface area contributed by atoms with Crippen LogP contribution in [0.1, 0.15) is 29.4 Å². The zero-order valence-corrected chi connectivity index (χ0v) is 12.3. The second-order valence-electron chi connectivity index (χ2n) is 5.12. The molecule has 2 N–H and O–H groups in total. The van der Waals surface area contributed by atoms with Crippen LogP contribution in [-0.2, 0) is 0 Å². The van der Waals surface area contributed by atoms with E-state index in [0.717, 1.165) is 25.9 Å². The van der Waals surface area contributed by atoms with Crippen LogP contribution in [0.3, 0.4) is 0 Å². The number of anilines is 1. The fourth-order valence-electron chi connectivity index (χ4n) is 2.47. The summed E-state index contributed by atoms with van der Waals surface area (Å²) >= 11 is 6.03. The highest BCUT2D eigenvalue weighted by atomic mass is 35.5. The molecule has 1 saturated heterocycles. The number of halogens is 1. The molecule has 21 heavy (non-hydrogen) atoms. The van der Waals surface area contributed by atoms with Gasteiger partial charge in [-0.15, -0.1) is 0 Å². The number of para-hydroxylation sites is 1. The van der Waals surface area contributed by atoms with Crippen LogP contribution in [-0.4, -0.2) is 28.8 Å². The minimum absolute atomic E-state index is 0.245. The van der Waals surface area contributed by atoms with Gasteiger partial charge in [0.1, 0.15) is 0 Å². The normalized spacial score (nSPS) is 18.4. The summed E-state index contributed by atoms with van der Waals surface area (Å²) in [5.74, 6) is -0.245. The Balaban J connectivity index is 1.71. The summed E-state index contributed by atoms with van der Waals surface area (Å²) in [5.41, 5.74) is 0.999. The van der Waals surface area contributed by atoms with E-state index in [0.29, 0.717) is 22.4 Å². The van der Waals surface area contributed by atoms with Gasteiger partial charge in [-0.3, -0.25) is 9.48 Å². The first-order valence-corrected chi connectivity index (χ1v) is 7.43. The van der Waals surface area contributed by atoms with E-state index >= 15 is 0 Å². The smallest absolute Gasteiger partial charge is 0.276 e. The maximum absolute atomic E-state index is 12.2. The van der Waals surface area contributed by atoms with Crippen molar-refractivity contribution in [2.45, 2.75) is 18.9 Å². The summed E-state index contributed by atoms with van der Waals surface area (Å²) in [6, 6.07) is 9.21. The lowest BCUT2D eigenvalue weighted by molar-refractivity contribution is 0.102. The molecular formula is C15H17ClN4O. The van der Waals surface area contributed by atoms with Crippen molar-refractivity contribution < 1.29 is 4.79 Å². The third kappa shape index (κ3) is 3.25. The maximum Gasteiger partial charge on any atom is 0.276 e. The minimum atomic E-state index is -0.245.